The number of aromatic amines is 1. The van der Waals surface area contributed by atoms with E-state index in [0.717, 1.165) is 28.0 Å². The fourth-order valence-electron chi connectivity index (χ4n) is 1.93. The van der Waals surface area contributed by atoms with Crippen LogP contribution in [-0.4, -0.2) is 9.97 Å². The number of imidazole rings is 1. The van der Waals surface area contributed by atoms with Crippen molar-refractivity contribution in [2.45, 2.75) is 6.54 Å². The number of H-pyrrole nitrogens is 1. The molecule has 0 unspecified atom stereocenters. The van der Waals surface area contributed by atoms with E-state index in [0.29, 0.717) is 11.6 Å². The number of hydrogen-bond acceptors (Lipinski definition) is 2. The molecule has 3 aromatic rings. The third kappa shape index (κ3) is 1.88. The molecule has 0 aliphatic rings. The van der Waals surface area contributed by atoms with Crippen LogP contribution in [0.5, 0.6) is 0 Å². The minimum atomic E-state index is 0.548. The van der Waals surface area contributed by atoms with Gasteiger partial charge in [-0.1, -0.05) is 41.9 Å². The molecule has 1 aromatic heterocycles. The van der Waals surface area contributed by atoms with Crippen LogP contribution >= 0.6 is 11.6 Å². The van der Waals surface area contributed by atoms with Crippen LogP contribution in [0.4, 0.5) is 0 Å². The maximum Gasteiger partial charge on any atom is 0.138 e. The monoisotopic (exact) mass is 257 g/mol. The lowest BCUT2D eigenvalue weighted by Gasteiger charge is -1.98. The second-order valence-corrected chi connectivity index (χ2v) is 4.53. The summed E-state index contributed by atoms with van der Waals surface area (Å²) in [5.41, 5.74) is 9.46. The van der Waals surface area contributed by atoms with E-state index in [2.05, 4.69) is 9.97 Å². The largest absolute Gasteiger partial charge is 0.338 e. The van der Waals surface area contributed by atoms with Gasteiger partial charge in [0.1, 0.15) is 11.3 Å². The average Bonchev–Trinajstić information content (AvgIpc) is 2.84. The van der Waals surface area contributed by atoms with Crippen LogP contribution in [-0.2, 0) is 6.54 Å². The first-order chi connectivity index (χ1) is 8.78. The minimum absolute atomic E-state index is 0.548. The van der Waals surface area contributed by atoms with Gasteiger partial charge in [0.15, 0.2) is 0 Å². The lowest BCUT2D eigenvalue weighted by atomic mass is 10.1. The van der Waals surface area contributed by atoms with Crippen molar-refractivity contribution in [3.05, 3.63) is 53.1 Å². The van der Waals surface area contributed by atoms with Gasteiger partial charge < -0.3 is 10.7 Å². The SMILES string of the molecule is NCc1ccc(-c2nc3c(Cl)cccc3[nH]2)cc1. The number of para-hydroxylation sites is 1. The molecule has 0 amide bonds. The lowest BCUT2D eigenvalue weighted by molar-refractivity contribution is 1.07. The van der Waals surface area contributed by atoms with Crippen LogP contribution < -0.4 is 5.73 Å². The molecule has 3 nitrogen and oxygen atoms in total. The molecule has 0 atom stereocenters. The molecule has 90 valence electrons. The summed E-state index contributed by atoms with van der Waals surface area (Å²) in [6, 6.07) is 13.7. The molecule has 0 saturated carbocycles. The highest BCUT2D eigenvalue weighted by Gasteiger charge is 2.07. The van der Waals surface area contributed by atoms with Crippen LogP contribution in [0, 0.1) is 0 Å². The van der Waals surface area contributed by atoms with Gasteiger partial charge in [-0.05, 0) is 17.7 Å². The van der Waals surface area contributed by atoms with E-state index in [1.165, 1.54) is 0 Å². The van der Waals surface area contributed by atoms with E-state index in [-0.39, 0.29) is 0 Å². The first kappa shape index (κ1) is 11.3. The van der Waals surface area contributed by atoms with Crippen LogP contribution in [0.3, 0.4) is 0 Å². The number of hydrogen-bond donors (Lipinski definition) is 2. The first-order valence-electron chi connectivity index (χ1n) is 5.71. The van der Waals surface area contributed by atoms with Crippen molar-refractivity contribution in [3.63, 3.8) is 0 Å². The zero-order valence-corrected chi connectivity index (χ0v) is 10.4. The molecule has 2 aromatic carbocycles. The summed E-state index contributed by atoms with van der Waals surface area (Å²) < 4.78 is 0. The fraction of sp³-hybridized carbons (Fsp3) is 0.0714. The number of aromatic nitrogens is 2. The highest BCUT2D eigenvalue weighted by Crippen LogP contribution is 2.25. The van der Waals surface area contributed by atoms with Crippen LogP contribution in [0.25, 0.3) is 22.4 Å². The molecule has 4 heteroatoms. The van der Waals surface area contributed by atoms with Crippen molar-refractivity contribution in [2.75, 3.05) is 0 Å². The van der Waals surface area contributed by atoms with Gasteiger partial charge in [-0.3, -0.25) is 0 Å². The third-order valence-corrected chi connectivity index (χ3v) is 3.23. The zero-order chi connectivity index (χ0) is 12.5. The molecule has 0 bridgehead atoms. The standard InChI is InChI=1S/C14H12ClN3/c15-11-2-1-3-12-13(11)18-14(17-12)10-6-4-9(8-16)5-7-10/h1-7H,8,16H2,(H,17,18). The van der Waals surface area contributed by atoms with Crippen LogP contribution in [0.2, 0.25) is 5.02 Å². The van der Waals surface area contributed by atoms with E-state index in [1.807, 2.05) is 42.5 Å². The first-order valence-corrected chi connectivity index (χ1v) is 6.09. The van der Waals surface area contributed by atoms with E-state index in [4.69, 9.17) is 17.3 Å². The number of rotatable bonds is 2. The fourth-order valence-corrected chi connectivity index (χ4v) is 2.15. The summed E-state index contributed by atoms with van der Waals surface area (Å²) in [7, 11) is 0. The molecule has 3 rings (SSSR count). The Kier molecular flexibility index (Phi) is 2.78. The van der Waals surface area contributed by atoms with Gasteiger partial charge in [-0.2, -0.15) is 0 Å². The molecule has 0 aliphatic carbocycles. The predicted octanol–water partition coefficient (Wildman–Crippen LogP) is 3.34. The lowest BCUT2D eigenvalue weighted by Crippen LogP contribution is -1.95. The Bertz CT molecular complexity index is 686. The van der Waals surface area contributed by atoms with Crippen molar-refractivity contribution < 1.29 is 0 Å². The Hall–Kier alpha value is -1.84. The number of fused-ring (bicyclic) bond motifs is 1. The van der Waals surface area contributed by atoms with Crippen molar-refractivity contribution >= 4 is 22.6 Å². The average molecular weight is 258 g/mol. The van der Waals surface area contributed by atoms with Gasteiger partial charge in [0.05, 0.1) is 10.5 Å². The molecule has 18 heavy (non-hydrogen) atoms. The maximum absolute atomic E-state index is 6.11. The van der Waals surface area contributed by atoms with Gasteiger partial charge in [0.2, 0.25) is 0 Å². The van der Waals surface area contributed by atoms with Crippen molar-refractivity contribution in [1.29, 1.82) is 0 Å². The van der Waals surface area contributed by atoms with Crippen LogP contribution in [0.1, 0.15) is 5.56 Å². The molecule has 1 heterocycles. The highest BCUT2D eigenvalue weighted by atomic mass is 35.5. The molecule has 0 saturated heterocycles. The van der Waals surface area contributed by atoms with E-state index in [1.54, 1.807) is 0 Å². The Balaban J connectivity index is 2.10. The summed E-state index contributed by atoms with van der Waals surface area (Å²) in [4.78, 5) is 7.78. The smallest absolute Gasteiger partial charge is 0.138 e. The molecular formula is C14H12ClN3. The predicted molar refractivity (Wildman–Crippen MR) is 74.4 cm³/mol. The zero-order valence-electron chi connectivity index (χ0n) is 9.65. The molecular weight excluding hydrogens is 246 g/mol. The number of halogens is 1. The molecule has 0 spiro atoms. The summed E-state index contributed by atoms with van der Waals surface area (Å²) >= 11 is 6.11. The normalized spacial score (nSPS) is 11.0. The van der Waals surface area contributed by atoms with E-state index >= 15 is 0 Å². The second kappa shape index (κ2) is 4.44. The number of benzene rings is 2. The van der Waals surface area contributed by atoms with Crippen molar-refractivity contribution in [1.82, 2.24) is 9.97 Å². The minimum Gasteiger partial charge on any atom is -0.338 e. The van der Waals surface area contributed by atoms with Crippen molar-refractivity contribution in [3.8, 4) is 11.4 Å². The third-order valence-electron chi connectivity index (χ3n) is 2.93. The van der Waals surface area contributed by atoms with Gasteiger partial charge in [0.25, 0.3) is 0 Å². The number of nitrogens with two attached hydrogens (primary N) is 1. The topological polar surface area (TPSA) is 54.7 Å². The second-order valence-electron chi connectivity index (χ2n) is 4.12. The van der Waals surface area contributed by atoms with Crippen molar-refractivity contribution in [2.24, 2.45) is 5.73 Å². The van der Waals surface area contributed by atoms with E-state index in [9.17, 15) is 0 Å². The summed E-state index contributed by atoms with van der Waals surface area (Å²) in [6.07, 6.45) is 0. The quantitative estimate of drug-likeness (QED) is 0.740. The highest BCUT2D eigenvalue weighted by molar-refractivity contribution is 6.34. The molecule has 0 fully saturated rings. The Morgan fingerprint density at radius 3 is 2.56 bits per heavy atom. The van der Waals surface area contributed by atoms with E-state index < -0.39 is 0 Å². The Morgan fingerprint density at radius 2 is 1.89 bits per heavy atom. The summed E-state index contributed by atoms with van der Waals surface area (Å²) in [5.74, 6) is 0.821. The Morgan fingerprint density at radius 1 is 1.11 bits per heavy atom. The number of nitrogens with one attached hydrogen (secondary N) is 1. The maximum atomic E-state index is 6.11. The molecule has 0 radical (unpaired) electrons. The van der Waals surface area contributed by atoms with Crippen LogP contribution in [0.15, 0.2) is 42.5 Å². The summed E-state index contributed by atoms with van der Waals surface area (Å²) in [6.45, 7) is 0.548. The summed E-state index contributed by atoms with van der Waals surface area (Å²) in [5, 5.41) is 0.661. The molecule has 0 aliphatic heterocycles. The Labute approximate surface area is 110 Å². The molecule has 3 N–H and O–H groups in total. The van der Waals surface area contributed by atoms with Gasteiger partial charge in [0, 0.05) is 12.1 Å². The van der Waals surface area contributed by atoms with Gasteiger partial charge in [-0.15, -0.1) is 0 Å². The number of nitrogens with zero attached hydrogens (tertiary/aromatic N) is 1. The van der Waals surface area contributed by atoms with Gasteiger partial charge >= 0.3 is 0 Å². The van der Waals surface area contributed by atoms with Gasteiger partial charge in [-0.25, -0.2) is 4.98 Å².